The van der Waals surface area contributed by atoms with Crippen molar-refractivity contribution in [3.8, 4) is 0 Å². The van der Waals surface area contributed by atoms with Crippen LogP contribution in [0.4, 0.5) is 5.82 Å². The number of aromatic nitrogens is 2. The molecule has 3 heterocycles. The lowest BCUT2D eigenvalue weighted by Crippen LogP contribution is -2.18. The van der Waals surface area contributed by atoms with Gasteiger partial charge >= 0.3 is 0 Å². The SMILES string of the molecule is Cc1ccc(C(=O)Nc2ccnn2C[C@H]2CCOC2)o1. The number of furan rings is 1. The van der Waals surface area contributed by atoms with E-state index in [-0.39, 0.29) is 5.91 Å². The number of carbonyl (C=O) groups is 1. The summed E-state index contributed by atoms with van der Waals surface area (Å²) < 4.78 is 12.5. The average molecular weight is 275 g/mol. The number of amides is 1. The Morgan fingerprint density at radius 3 is 3.10 bits per heavy atom. The second-order valence-electron chi connectivity index (χ2n) is 4.99. The average Bonchev–Trinajstić information content (AvgIpc) is 3.13. The fourth-order valence-electron chi connectivity index (χ4n) is 2.29. The number of carbonyl (C=O) groups excluding carboxylic acids is 1. The van der Waals surface area contributed by atoms with Crippen molar-refractivity contribution >= 4 is 11.7 Å². The van der Waals surface area contributed by atoms with Gasteiger partial charge in [-0.15, -0.1) is 0 Å². The van der Waals surface area contributed by atoms with Gasteiger partial charge in [-0.2, -0.15) is 5.10 Å². The maximum absolute atomic E-state index is 12.0. The van der Waals surface area contributed by atoms with E-state index in [0.29, 0.717) is 23.3 Å². The van der Waals surface area contributed by atoms with Crippen LogP contribution in [0.25, 0.3) is 0 Å². The van der Waals surface area contributed by atoms with Crippen LogP contribution in [0.2, 0.25) is 0 Å². The lowest BCUT2D eigenvalue weighted by molar-refractivity contribution is 0.0994. The summed E-state index contributed by atoms with van der Waals surface area (Å²) in [5.74, 6) is 1.89. The Labute approximate surface area is 116 Å². The first kappa shape index (κ1) is 12.9. The molecule has 0 bridgehead atoms. The molecule has 1 saturated heterocycles. The Morgan fingerprint density at radius 1 is 1.50 bits per heavy atom. The second kappa shape index (κ2) is 5.50. The van der Waals surface area contributed by atoms with Crippen molar-refractivity contribution in [1.29, 1.82) is 0 Å². The first-order valence-electron chi connectivity index (χ1n) is 6.70. The summed E-state index contributed by atoms with van der Waals surface area (Å²) >= 11 is 0. The van der Waals surface area contributed by atoms with E-state index in [0.717, 1.165) is 26.2 Å². The van der Waals surface area contributed by atoms with Crippen LogP contribution in [0.5, 0.6) is 0 Å². The highest BCUT2D eigenvalue weighted by Crippen LogP contribution is 2.18. The molecule has 1 fully saturated rings. The van der Waals surface area contributed by atoms with Gasteiger partial charge in [-0.25, -0.2) is 4.68 Å². The van der Waals surface area contributed by atoms with Crippen molar-refractivity contribution in [2.75, 3.05) is 18.5 Å². The summed E-state index contributed by atoms with van der Waals surface area (Å²) in [5, 5.41) is 7.07. The quantitative estimate of drug-likeness (QED) is 0.927. The molecule has 0 saturated carbocycles. The Kier molecular flexibility index (Phi) is 3.56. The van der Waals surface area contributed by atoms with E-state index in [2.05, 4.69) is 10.4 Å². The summed E-state index contributed by atoms with van der Waals surface area (Å²) in [5.41, 5.74) is 0. The molecular weight excluding hydrogens is 258 g/mol. The second-order valence-corrected chi connectivity index (χ2v) is 4.99. The van der Waals surface area contributed by atoms with Gasteiger partial charge in [0.05, 0.1) is 12.8 Å². The van der Waals surface area contributed by atoms with Crippen LogP contribution in [0.1, 0.15) is 22.7 Å². The zero-order valence-corrected chi connectivity index (χ0v) is 11.3. The zero-order chi connectivity index (χ0) is 13.9. The lowest BCUT2D eigenvalue weighted by Gasteiger charge is -2.11. The van der Waals surface area contributed by atoms with E-state index in [1.54, 1.807) is 36.0 Å². The predicted octanol–water partition coefficient (Wildman–Crippen LogP) is 2.07. The Hall–Kier alpha value is -2.08. The highest BCUT2D eigenvalue weighted by Gasteiger charge is 2.19. The van der Waals surface area contributed by atoms with Gasteiger partial charge in [0.1, 0.15) is 11.6 Å². The predicted molar refractivity (Wildman–Crippen MR) is 72.6 cm³/mol. The van der Waals surface area contributed by atoms with E-state index < -0.39 is 0 Å². The van der Waals surface area contributed by atoms with Crippen LogP contribution in [0.3, 0.4) is 0 Å². The van der Waals surface area contributed by atoms with Gasteiger partial charge in [0, 0.05) is 25.1 Å². The minimum absolute atomic E-state index is 0.262. The topological polar surface area (TPSA) is 69.3 Å². The number of nitrogens with one attached hydrogen (secondary N) is 1. The number of aryl methyl sites for hydroxylation is 1. The van der Waals surface area contributed by atoms with Gasteiger partial charge in [-0.05, 0) is 25.5 Å². The maximum atomic E-state index is 12.0. The summed E-state index contributed by atoms with van der Waals surface area (Å²) in [4.78, 5) is 12.0. The smallest absolute Gasteiger partial charge is 0.292 e. The van der Waals surface area contributed by atoms with E-state index >= 15 is 0 Å². The van der Waals surface area contributed by atoms with Crippen molar-refractivity contribution in [1.82, 2.24) is 9.78 Å². The summed E-state index contributed by atoms with van der Waals surface area (Å²) in [6.07, 6.45) is 2.71. The third-order valence-electron chi connectivity index (χ3n) is 3.38. The molecule has 3 rings (SSSR count). The standard InChI is InChI=1S/C14H17N3O3/c1-10-2-3-12(20-10)14(18)16-13-4-6-15-17(13)8-11-5-7-19-9-11/h2-4,6,11H,5,7-9H2,1H3,(H,16,18)/t11-/m1/s1. The molecule has 1 N–H and O–H groups in total. The zero-order valence-electron chi connectivity index (χ0n) is 11.3. The molecule has 1 aliphatic rings. The van der Waals surface area contributed by atoms with E-state index in [1.807, 2.05) is 0 Å². The van der Waals surface area contributed by atoms with Crippen LogP contribution in [0.15, 0.2) is 28.8 Å². The molecule has 6 heteroatoms. The number of ether oxygens (including phenoxy) is 1. The van der Waals surface area contributed by atoms with Gasteiger partial charge in [-0.3, -0.25) is 4.79 Å². The number of hydrogen-bond donors (Lipinski definition) is 1. The summed E-state index contributed by atoms with van der Waals surface area (Å²) in [6.45, 7) is 4.12. The van der Waals surface area contributed by atoms with Crippen LogP contribution in [-0.2, 0) is 11.3 Å². The molecule has 20 heavy (non-hydrogen) atoms. The third-order valence-corrected chi connectivity index (χ3v) is 3.38. The maximum Gasteiger partial charge on any atom is 0.292 e. The first-order chi connectivity index (χ1) is 9.72. The molecule has 6 nitrogen and oxygen atoms in total. The van der Waals surface area contributed by atoms with Crippen LogP contribution in [-0.4, -0.2) is 28.9 Å². The van der Waals surface area contributed by atoms with Crippen LogP contribution >= 0.6 is 0 Å². The first-order valence-corrected chi connectivity index (χ1v) is 6.70. The fraction of sp³-hybridized carbons (Fsp3) is 0.429. The van der Waals surface area contributed by atoms with Crippen molar-refractivity contribution in [2.24, 2.45) is 5.92 Å². The molecular formula is C14H17N3O3. The molecule has 1 aliphatic heterocycles. The Morgan fingerprint density at radius 2 is 2.40 bits per heavy atom. The van der Waals surface area contributed by atoms with Crippen LogP contribution < -0.4 is 5.32 Å². The van der Waals surface area contributed by atoms with Crippen molar-refractivity contribution in [2.45, 2.75) is 19.9 Å². The van der Waals surface area contributed by atoms with Crippen molar-refractivity contribution < 1.29 is 13.9 Å². The largest absolute Gasteiger partial charge is 0.456 e. The minimum atomic E-state index is -0.262. The van der Waals surface area contributed by atoms with Gasteiger partial charge < -0.3 is 14.5 Å². The van der Waals surface area contributed by atoms with Gasteiger partial charge in [0.15, 0.2) is 5.76 Å². The van der Waals surface area contributed by atoms with Crippen molar-refractivity contribution in [3.05, 3.63) is 35.9 Å². The van der Waals surface area contributed by atoms with E-state index in [9.17, 15) is 4.79 Å². The molecule has 106 valence electrons. The molecule has 0 aromatic carbocycles. The molecule has 0 spiro atoms. The number of rotatable bonds is 4. The summed E-state index contributed by atoms with van der Waals surface area (Å²) in [7, 11) is 0. The van der Waals surface area contributed by atoms with E-state index in [1.165, 1.54) is 0 Å². The molecule has 2 aromatic rings. The fourth-order valence-corrected chi connectivity index (χ4v) is 2.29. The molecule has 0 aliphatic carbocycles. The summed E-state index contributed by atoms with van der Waals surface area (Å²) in [6, 6.07) is 5.21. The number of nitrogens with zero attached hydrogens (tertiary/aromatic N) is 2. The molecule has 2 aromatic heterocycles. The molecule has 1 amide bonds. The monoisotopic (exact) mass is 275 g/mol. The normalized spacial score (nSPS) is 18.4. The Bertz CT molecular complexity index is 596. The number of hydrogen-bond acceptors (Lipinski definition) is 4. The van der Waals surface area contributed by atoms with Gasteiger partial charge in [-0.1, -0.05) is 0 Å². The van der Waals surface area contributed by atoms with Gasteiger partial charge in [0.25, 0.3) is 5.91 Å². The number of anilines is 1. The molecule has 0 unspecified atom stereocenters. The Balaban J connectivity index is 1.68. The molecule has 1 atom stereocenters. The highest BCUT2D eigenvalue weighted by molar-refractivity contribution is 6.01. The third kappa shape index (κ3) is 2.75. The molecule has 0 radical (unpaired) electrons. The van der Waals surface area contributed by atoms with Crippen molar-refractivity contribution in [3.63, 3.8) is 0 Å². The van der Waals surface area contributed by atoms with Crippen LogP contribution in [0, 0.1) is 12.8 Å². The lowest BCUT2D eigenvalue weighted by atomic mass is 10.1. The van der Waals surface area contributed by atoms with E-state index in [4.69, 9.17) is 9.15 Å². The minimum Gasteiger partial charge on any atom is -0.456 e. The highest BCUT2D eigenvalue weighted by atomic mass is 16.5. The van der Waals surface area contributed by atoms with Gasteiger partial charge in [0.2, 0.25) is 0 Å².